The Morgan fingerprint density at radius 2 is 2.19 bits per heavy atom. The summed E-state index contributed by atoms with van der Waals surface area (Å²) in [5, 5.41) is 0. The number of carbonyl (C=O) groups is 1. The van der Waals surface area contributed by atoms with E-state index in [2.05, 4.69) is 35.5 Å². The van der Waals surface area contributed by atoms with Gasteiger partial charge in [0, 0.05) is 37.7 Å². The minimum atomic E-state index is -0.517. The molecular weight excluding hydrogens is 340 g/mol. The fourth-order valence-electron chi connectivity index (χ4n) is 3.40. The van der Waals surface area contributed by atoms with Crippen molar-refractivity contribution >= 4 is 18.3 Å². The van der Waals surface area contributed by atoms with Gasteiger partial charge in [-0.25, -0.2) is 4.79 Å². The van der Waals surface area contributed by atoms with Crippen LogP contribution in [0.15, 0.2) is 53.7 Å². The number of allylic oxidation sites excluding steroid dienone is 2. The van der Waals surface area contributed by atoms with Gasteiger partial charge in [-0.1, -0.05) is 25.7 Å². The molecule has 0 amide bonds. The number of nitrogens with zero attached hydrogens (tertiary/aromatic N) is 2. The van der Waals surface area contributed by atoms with Crippen LogP contribution in [-0.4, -0.2) is 42.3 Å². The number of hydrogen-bond donors (Lipinski definition) is 0. The number of aliphatic imine (C=N–C) groups is 1. The number of rotatable bonds is 5. The minimum Gasteiger partial charge on any atom is -0.482 e. The van der Waals surface area contributed by atoms with Gasteiger partial charge >= 0.3 is 5.97 Å². The molecule has 0 unspecified atom stereocenters. The molecule has 2 aliphatic heterocycles. The van der Waals surface area contributed by atoms with Crippen LogP contribution in [0.3, 0.4) is 0 Å². The maximum Gasteiger partial charge on any atom is 0.362 e. The zero-order chi connectivity index (χ0) is 19.3. The topological polar surface area (TPSA) is 51.1 Å². The molecule has 0 radical (unpaired) electrons. The first-order valence-corrected chi connectivity index (χ1v) is 9.37. The van der Waals surface area contributed by atoms with Crippen LogP contribution in [0.25, 0.3) is 6.08 Å². The van der Waals surface area contributed by atoms with Gasteiger partial charge in [0.05, 0.1) is 0 Å². The van der Waals surface area contributed by atoms with Gasteiger partial charge in [-0.15, -0.1) is 0 Å². The highest BCUT2D eigenvalue weighted by Crippen LogP contribution is 2.38. The van der Waals surface area contributed by atoms with E-state index in [0.29, 0.717) is 5.75 Å². The van der Waals surface area contributed by atoms with Crippen LogP contribution in [0, 0.1) is 0 Å². The van der Waals surface area contributed by atoms with Crippen molar-refractivity contribution in [1.82, 2.24) is 4.90 Å². The fourth-order valence-corrected chi connectivity index (χ4v) is 3.40. The van der Waals surface area contributed by atoms with Gasteiger partial charge in [-0.3, -0.25) is 4.99 Å². The van der Waals surface area contributed by atoms with E-state index in [4.69, 9.17) is 9.47 Å². The lowest BCUT2D eigenvalue weighted by Gasteiger charge is -2.41. The number of benzene rings is 1. The molecule has 0 atom stereocenters. The number of piperidine rings is 1. The third-order valence-corrected chi connectivity index (χ3v) is 4.97. The van der Waals surface area contributed by atoms with Gasteiger partial charge in [0.25, 0.3) is 0 Å². The number of hydrogen-bond acceptors (Lipinski definition) is 5. The van der Waals surface area contributed by atoms with E-state index in [1.54, 1.807) is 19.2 Å². The molecule has 5 heteroatoms. The quantitative estimate of drug-likeness (QED) is 0.260. The maximum atomic E-state index is 12.3. The van der Waals surface area contributed by atoms with Crippen molar-refractivity contribution in [2.24, 2.45) is 4.99 Å². The standard InChI is InChI=1S/C22H26N2O3/c1-4-7-19(23-5-2)21(25)26-18-8-9-20-17(16-18)10-11-22(27-20)12-14-24(6-3)15-13-22/h4-5,7-11,16H,1,6,12-15H2,2-3H3/b19-7-,23-5?. The third kappa shape index (κ3) is 4.37. The first-order valence-electron chi connectivity index (χ1n) is 9.37. The number of ether oxygens (including phenoxy) is 2. The van der Waals surface area contributed by atoms with Crippen molar-refractivity contribution in [3.8, 4) is 11.5 Å². The number of fused-ring (bicyclic) bond motifs is 1. The first kappa shape index (κ1) is 19.1. The van der Waals surface area contributed by atoms with Gasteiger partial charge < -0.3 is 14.4 Å². The smallest absolute Gasteiger partial charge is 0.362 e. The zero-order valence-corrected chi connectivity index (χ0v) is 16.0. The van der Waals surface area contributed by atoms with Crippen LogP contribution in [0.2, 0.25) is 0 Å². The molecule has 0 aliphatic carbocycles. The van der Waals surface area contributed by atoms with E-state index in [0.717, 1.165) is 43.8 Å². The highest BCUT2D eigenvalue weighted by molar-refractivity contribution is 5.91. The van der Waals surface area contributed by atoms with Gasteiger partial charge in [-0.05, 0) is 43.8 Å². The van der Waals surface area contributed by atoms with Gasteiger partial charge in [-0.2, -0.15) is 0 Å². The lowest BCUT2D eigenvalue weighted by atomic mass is 9.88. The van der Waals surface area contributed by atoms with Crippen LogP contribution in [0.5, 0.6) is 11.5 Å². The largest absolute Gasteiger partial charge is 0.482 e. The molecule has 0 N–H and O–H groups in total. The van der Waals surface area contributed by atoms with Crippen LogP contribution in [0.4, 0.5) is 0 Å². The summed E-state index contributed by atoms with van der Waals surface area (Å²) in [6.07, 6.45) is 10.8. The van der Waals surface area contributed by atoms with Crippen LogP contribution < -0.4 is 9.47 Å². The second-order valence-electron chi connectivity index (χ2n) is 6.70. The minimum absolute atomic E-state index is 0.207. The monoisotopic (exact) mass is 366 g/mol. The Balaban J connectivity index is 1.72. The van der Waals surface area contributed by atoms with Crippen LogP contribution in [-0.2, 0) is 4.79 Å². The Kier molecular flexibility index (Phi) is 5.91. The molecule has 1 aromatic carbocycles. The summed E-state index contributed by atoms with van der Waals surface area (Å²) in [6.45, 7) is 10.7. The van der Waals surface area contributed by atoms with Crippen LogP contribution >= 0.6 is 0 Å². The lowest BCUT2D eigenvalue weighted by Crippen LogP contribution is -2.47. The zero-order valence-electron chi connectivity index (χ0n) is 16.0. The Morgan fingerprint density at radius 1 is 1.41 bits per heavy atom. The van der Waals surface area contributed by atoms with Gasteiger partial charge in [0.1, 0.15) is 22.8 Å². The van der Waals surface area contributed by atoms with Gasteiger partial charge in [0.15, 0.2) is 0 Å². The molecule has 1 spiro atoms. The van der Waals surface area contributed by atoms with E-state index in [1.807, 2.05) is 12.1 Å². The molecule has 1 fully saturated rings. The summed E-state index contributed by atoms with van der Waals surface area (Å²) < 4.78 is 11.8. The summed E-state index contributed by atoms with van der Waals surface area (Å²) in [4.78, 5) is 18.7. The summed E-state index contributed by atoms with van der Waals surface area (Å²) >= 11 is 0. The maximum absolute atomic E-state index is 12.3. The van der Waals surface area contributed by atoms with Crippen molar-refractivity contribution in [2.45, 2.75) is 32.3 Å². The molecule has 3 rings (SSSR count). The first-order chi connectivity index (χ1) is 13.1. The van der Waals surface area contributed by atoms with E-state index in [-0.39, 0.29) is 11.3 Å². The summed E-state index contributed by atoms with van der Waals surface area (Å²) in [5.74, 6) is 0.776. The molecule has 142 valence electrons. The SMILES string of the molecule is C=C/C=C(\N=CC)C(=O)Oc1ccc2c(c1)C=CC1(CCN(CC)CC1)O2. The van der Waals surface area contributed by atoms with Gasteiger partial charge in [0.2, 0.25) is 0 Å². The van der Waals surface area contributed by atoms with Crippen molar-refractivity contribution in [3.63, 3.8) is 0 Å². The summed E-state index contributed by atoms with van der Waals surface area (Å²) in [6, 6.07) is 5.44. The van der Waals surface area contributed by atoms with E-state index >= 15 is 0 Å². The molecule has 1 aromatic rings. The molecular formula is C22H26N2O3. The number of carbonyl (C=O) groups excluding carboxylic acids is 1. The molecule has 0 bridgehead atoms. The predicted molar refractivity (Wildman–Crippen MR) is 108 cm³/mol. The highest BCUT2D eigenvalue weighted by atomic mass is 16.5. The van der Waals surface area contributed by atoms with Crippen molar-refractivity contribution < 1.29 is 14.3 Å². The molecule has 2 aliphatic rings. The summed E-state index contributed by atoms with van der Waals surface area (Å²) in [5.41, 5.74) is 0.905. The third-order valence-electron chi connectivity index (χ3n) is 4.97. The second-order valence-corrected chi connectivity index (χ2v) is 6.70. The second kappa shape index (κ2) is 8.35. The molecule has 27 heavy (non-hydrogen) atoms. The Morgan fingerprint density at radius 3 is 2.85 bits per heavy atom. The lowest BCUT2D eigenvalue weighted by molar-refractivity contribution is -0.130. The molecule has 0 saturated carbocycles. The van der Waals surface area contributed by atoms with Crippen molar-refractivity contribution in [3.05, 3.63) is 54.3 Å². The molecule has 1 saturated heterocycles. The molecule has 0 aromatic heterocycles. The van der Waals surface area contributed by atoms with Crippen LogP contribution in [0.1, 0.15) is 32.3 Å². The van der Waals surface area contributed by atoms with E-state index < -0.39 is 5.97 Å². The van der Waals surface area contributed by atoms with Crippen molar-refractivity contribution in [1.29, 1.82) is 0 Å². The van der Waals surface area contributed by atoms with E-state index in [1.165, 1.54) is 12.2 Å². The highest BCUT2D eigenvalue weighted by Gasteiger charge is 2.36. The Bertz CT molecular complexity index is 800. The Hall–Kier alpha value is -2.66. The average molecular weight is 366 g/mol. The van der Waals surface area contributed by atoms with E-state index in [9.17, 15) is 4.79 Å². The normalized spacial score (nSPS) is 19.0. The molecule has 5 nitrogen and oxygen atoms in total. The Labute approximate surface area is 160 Å². The molecule has 2 heterocycles. The number of esters is 1. The predicted octanol–water partition coefficient (Wildman–Crippen LogP) is 4.01. The fraction of sp³-hybridized carbons (Fsp3) is 0.364. The summed E-state index contributed by atoms with van der Waals surface area (Å²) in [7, 11) is 0. The number of likely N-dealkylation sites (tertiary alicyclic amines) is 1. The average Bonchev–Trinajstić information content (AvgIpc) is 2.68. The van der Waals surface area contributed by atoms with Crippen molar-refractivity contribution in [2.75, 3.05) is 19.6 Å².